The minimum atomic E-state index is 0.214. The molecule has 1 aliphatic rings. The molecule has 0 bridgehead atoms. The van der Waals surface area contributed by atoms with Gasteiger partial charge in [0.05, 0.1) is 18.5 Å². The summed E-state index contributed by atoms with van der Waals surface area (Å²) in [4.78, 5) is 9.59. The molecule has 0 unspecified atom stereocenters. The minimum Gasteiger partial charge on any atom is -0.497 e. The molecule has 7 heteroatoms. The molecule has 0 radical (unpaired) electrons. The van der Waals surface area contributed by atoms with Crippen LogP contribution in [-0.4, -0.2) is 33.7 Å². The molecule has 7 rings (SSSR count). The first kappa shape index (κ1) is 23.0. The van der Waals surface area contributed by atoms with Crippen molar-refractivity contribution in [3.05, 3.63) is 103 Å². The SMILES string of the molecule is COc1ccc(-c2cc3cccnc3nc2-n2nc(-c3ccc(C)cc3)cc2-c2ccc3c(c2)OCO3)cc1. The maximum absolute atomic E-state index is 5.69. The van der Waals surface area contributed by atoms with Gasteiger partial charge in [0.15, 0.2) is 23.0 Å². The molecule has 6 aromatic rings. The van der Waals surface area contributed by atoms with Crippen LogP contribution in [0.5, 0.6) is 17.2 Å². The Bertz CT molecular complexity index is 1830. The number of rotatable bonds is 5. The summed E-state index contributed by atoms with van der Waals surface area (Å²) in [7, 11) is 1.66. The first-order chi connectivity index (χ1) is 19.2. The summed E-state index contributed by atoms with van der Waals surface area (Å²) in [6.07, 6.45) is 1.76. The number of benzene rings is 3. The largest absolute Gasteiger partial charge is 0.497 e. The summed E-state index contributed by atoms with van der Waals surface area (Å²) in [6.45, 7) is 2.29. The number of methoxy groups -OCH3 is 1. The molecule has 0 atom stereocenters. The molecule has 39 heavy (non-hydrogen) atoms. The van der Waals surface area contributed by atoms with Crippen LogP contribution in [0.3, 0.4) is 0 Å². The third-order valence-corrected chi connectivity index (χ3v) is 6.90. The zero-order valence-corrected chi connectivity index (χ0v) is 21.5. The number of ether oxygens (including phenoxy) is 3. The van der Waals surface area contributed by atoms with Gasteiger partial charge in [-0.1, -0.05) is 42.0 Å². The van der Waals surface area contributed by atoms with E-state index in [0.717, 1.165) is 50.5 Å². The predicted octanol–water partition coefficient (Wildman–Crippen LogP) is 6.86. The maximum Gasteiger partial charge on any atom is 0.231 e. The van der Waals surface area contributed by atoms with E-state index in [-0.39, 0.29) is 6.79 Å². The van der Waals surface area contributed by atoms with Crippen LogP contribution in [0.15, 0.2) is 97.2 Å². The van der Waals surface area contributed by atoms with Crippen molar-refractivity contribution in [2.45, 2.75) is 6.92 Å². The number of hydrogen-bond acceptors (Lipinski definition) is 6. The van der Waals surface area contributed by atoms with Gasteiger partial charge >= 0.3 is 0 Å². The standard InChI is InChI=1S/C32H24N4O3/c1-20-5-7-22(8-6-20)27-18-28(23-11-14-29-30(17-23)39-19-38-29)36(35-27)32-26(21-9-12-25(37-2)13-10-21)16-24-4-3-15-33-31(24)34-32/h3-18H,19H2,1-2H3. The van der Waals surface area contributed by atoms with Crippen LogP contribution in [0.2, 0.25) is 0 Å². The van der Waals surface area contributed by atoms with Crippen molar-refractivity contribution in [2.75, 3.05) is 13.9 Å². The third-order valence-electron chi connectivity index (χ3n) is 6.90. The lowest BCUT2D eigenvalue weighted by Crippen LogP contribution is -2.05. The van der Waals surface area contributed by atoms with Crippen LogP contribution in [0.4, 0.5) is 0 Å². The molecule has 3 aromatic carbocycles. The molecule has 0 fully saturated rings. The molecule has 0 saturated carbocycles. The Morgan fingerprint density at radius 3 is 2.38 bits per heavy atom. The quantitative estimate of drug-likeness (QED) is 0.251. The Morgan fingerprint density at radius 1 is 0.795 bits per heavy atom. The van der Waals surface area contributed by atoms with E-state index in [1.165, 1.54) is 5.56 Å². The molecule has 3 aromatic heterocycles. The van der Waals surface area contributed by atoms with E-state index in [2.05, 4.69) is 48.3 Å². The Hall–Kier alpha value is -5.17. The fraction of sp³-hybridized carbons (Fsp3) is 0.0938. The summed E-state index contributed by atoms with van der Waals surface area (Å²) >= 11 is 0. The number of aryl methyl sites for hydroxylation is 1. The maximum atomic E-state index is 5.69. The van der Waals surface area contributed by atoms with Gasteiger partial charge in [0, 0.05) is 28.3 Å². The average molecular weight is 513 g/mol. The van der Waals surface area contributed by atoms with Crippen molar-refractivity contribution < 1.29 is 14.2 Å². The van der Waals surface area contributed by atoms with Crippen molar-refractivity contribution in [1.29, 1.82) is 0 Å². The third kappa shape index (κ3) is 4.14. The number of fused-ring (bicyclic) bond motifs is 2. The minimum absolute atomic E-state index is 0.214. The monoisotopic (exact) mass is 512 g/mol. The first-order valence-corrected chi connectivity index (χ1v) is 12.6. The summed E-state index contributed by atoms with van der Waals surface area (Å²) in [5.41, 5.74) is 7.44. The Balaban J connectivity index is 1.49. The molecule has 0 N–H and O–H groups in total. The Labute approximate surface area is 225 Å². The molecular formula is C32H24N4O3. The molecule has 0 saturated heterocycles. The molecule has 190 valence electrons. The van der Waals surface area contributed by atoms with Crippen LogP contribution < -0.4 is 14.2 Å². The number of pyridine rings is 2. The second-order valence-electron chi connectivity index (χ2n) is 9.40. The molecular weight excluding hydrogens is 488 g/mol. The molecule has 1 aliphatic heterocycles. The summed E-state index contributed by atoms with van der Waals surface area (Å²) in [5.74, 6) is 2.91. The summed E-state index contributed by atoms with van der Waals surface area (Å²) < 4.78 is 18.6. The van der Waals surface area contributed by atoms with Gasteiger partial charge in [-0.25, -0.2) is 14.6 Å². The summed E-state index contributed by atoms with van der Waals surface area (Å²) in [6, 6.07) is 30.4. The van der Waals surface area contributed by atoms with E-state index in [1.807, 2.05) is 59.3 Å². The van der Waals surface area contributed by atoms with E-state index in [4.69, 9.17) is 24.3 Å². The average Bonchev–Trinajstić information content (AvgIpc) is 3.64. The van der Waals surface area contributed by atoms with Gasteiger partial charge in [-0.15, -0.1) is 0 Å². The molecule has 0 amide bonds. The van der Waals surface area contributed by atoms with Crippen molar-refractivity contribution in [3.8, 4) is 56.7 Å². The Kier molecular flexibility index (Phi) is 5.48. The lowest BCUT2D eigenvalue weighted by atomic mass is 10.0. The number of nitrogens with zero attached hydrogens (tertiary/aromatic N) is 4. The number of aromatic nitrogens is 4. The highest BCUT2D eigenvalue weighted by atomic mass is 16.7. The van der Waals surface area contributed by atoms with Gasteiger partial charge in [-0.05, 0) is 67.1 Å². The zero-order chi connectivity index (χ0) is 26.3. The van der Waals surface area contributed by atoms with Crippen molar-refractivity contribution in [3.63, 3.8) is 0 Å². The smallest absolute Gasteiger partial charge is 0.231 e. The van der Waals surface area contributed by atoms with E-state index in [0.29, 0.717) is 17.2 Å². The van der Waals surface area contributed by atoms with Gasteiger partial charge in [0.1, 0.15) is 5.75 Å². The molecule has 7 nitrogen and oxygen atoms in total. The van der Waals surface area contributed by atoms with Crippen LogP contribution in [0.1, 0.15) is 5.56 Å². The fourth-order valence-corrected chi connectivity index (χ4v) is 4.81. The van der Waals surface area contributed by atoms with Gasteiger partial charge in [-0.3, -0.25) is 0 Å². The zero-order valence-electron chi connectivity index (χ0n) is 21.5. The first-order valence-electron chi connectivity index (χ1n) is 12.6. The lowest BCUT2D eigenvalue weighted by Gasteiger charge is -2.14. The molecule has 0 aliphatic carbocycles. The second-order valence-corrected chi connectivity index (χ2v) is 9.40. The normalized spacial score (nSPS) is 12.2. The number of hydrogen-bond donors (Lipinski definition) is 0. The highest BCUT2D eigenvalue weighted by Crippen LogP contribution is 2.39. The van der Waals surface area contributed by atoms with Gasteiger partial charge in [0.2, 0.25) is 6.79 Å². The van der Waals surface area contributed by atoms with Crippen molar-refractivity contribution in [2.24, 2.45) is 0 Å². The van der Waals surface area contributed by atoms with Crippen LogP contribution in [-0.2, 0) is 0 Å². The Morgan fingerprint density at radius 2 is 1.56 bits per heavy atom. The van der Waals surface area contributed by atoms with E-state index < -0.39 is 0 Å². The van der Waals surface area contributed by atoms with Crippen molar-refractivity contribution >= 4 is 11.0 Å². The van der Waals surface area contributed by atoms with E-state index in [9.17, 15) is 0 Å². The predicted molar refractivity (Wildman–Crippen MR) is 150 cm³/mol. The summed E-state index contributed by atoms with van der Waals surface area (Å²) in [5, 5.41) is 6.05. The van der Waals surface area contributed by atoms with Crippen LogP contribution in [0, 0.1) is 6.92 Å². The molecule has 4 heterocycles. The highest BCUT2D eigenvalue weighted by Gasteiger charge is 2.21. The van der Waals surface area contributed by atoms with E-state index >= 15 is 0 Å². The molecule has 0 spiro atoms. The van der Waals surface area contributed by atoms with Crippen LogP contribution >= 0.6 is 0 Å². The highest BCUT2D eigenvalue weighted by molar-refractivity contribution is 5.86. The van der Waals surface area contributed by atoms with Crippen LogP contribution in [0.25, 0.3) is 50.5 Å². The van der Waals surface area contributed by atoms with Gasteiger partial charge in [-0.2, -0.15) is 5.10 Å². The fourth-order valence-electron chi connectivity index (χ4n) is 4.81. The van der Waals surface area contributed by atoms with E-state index in [1.54, 1.807) is 13.3 Å². The lowest BCUT2D eigenvalue weighted by molar-refractivity contribution is 0.174. The van der Waals surface area contributed by atoms with Crippen molar-refractivity contribution in [1.82, 2.24) is 19.7 Å². The topological polar surface area (TPSA) is 71.3 Å². The van der Waals surface area contributed by atoms with Gasteiger partial charge in [0.25, 0.3) is 0 Å². The second kappa shape index (κ2) is 9.29. The van der Waals surface area contributed by atoms with Gasteiger partial charge < -0.3 is 14.2 Å².